The first kappa shape index (κ1) is 22.2. The summed E-state index contributed by atoms with van der Waals surface area (Å²) in [5, 5.41) is 32.3. The summed E-state index contributed by atoms with van der Waals surface area (Å²) in [5.41, 5.74) is 2.01. The summed E-state index contributed by atoms with van der Waals surface area (Å²) in [6, 6.07) is 13.6. The summed E-state index contributed by atoms with van der Waals surface area (Å²) in [6.45, 7) is 4.23. The maximum atomic E-state index is 11.4. The fourth-order valence-electron chi connectivity index (χ4n) is 2.80. The fraction of sp³-hybridized carbons (Fsp3) is 0.364. The van der Waals surface area contributed by atoms with Crippen molar-refractivity contribution in [3.05, 3.63) is 59.2 Å². The zero-order chi connectivity index (χ0) is 21.2. The van der Waals surface area contributed by atoms with E-state index in [0.29, 0.717) is 24.3 Å². The van der Waals surface area contributed by atoms with Gasteiger partial charge in [-0.15, -0.1) is 0 Å². The third-order valence-corrected chi connectivity index (χ3v) is 4.40. The maximum absolute atomic E-state index is 11.4. The second-order valence-electron chi connectivity index (χ2n) is 6.57. The van der Waals surface area contributed by atoms with Gasteiger partial charge in [0.15, 0.2) is 6.61 Å². The van der Waals surface area contributed by atoms with Crippen LogP contribution in [0, 0.1) is 11.3 Å². The molecule has 2 aromatic rings. The van der Waals surface area contributed by atoms with Crippen LogP contribution in [0.1, 0.15) is 36.6 Å². The summed E-state index contributed by atoms with van der Waals surface area (Å²) in [4.78, 5) is 11.4. The Balaban J connectivity index is 1.87. The van der Waals surface area contributed by atoms with Crippen LogP contribution in [0.5, 0.6) is 11.5 Å². The molecule has 154 valence electrons. The number of aliphatic hydroxyl groups excluding tert-OH is 1. The highest BCUT2D eigenvalue weighted by Gasteiger charge is 2.16. The average Bonchev–Trinajstić information content (AvgIpc) is 2.72. The van der Waals surface area contributed by atoms with Crippen LogP contribution in [0.25, 0.3) is 0 Å². The van der Waals surface area contributed by atoms with Gasteiger partial charge in [0.05, 0.1) is 18.3 Å². The summed E-state index contributed by atoms with van der Waals surface area (Å²) in [5.74, 6) is 0.0174. The van der Waals surface area contributed by atoms with Crippen LogP contribution in [-0.2, 0) is 16.0 Å². The molecule has 7 nitrogen and oxygen atoms in total. The van der Waals surface area contributed by atoms with Gasteiger partial charge in [-0.05, 0) is 62.2 Å². The third kappa shape index (κ3) is 6.79. The molecule has 0 spiro atoms. The summed E-state index contributed by atoms with van der Waals surface area (Å²) in [7, 11) is 0. The molecule has 29 heavy (non-hydrogen) atoms. The Labute approximate surface area is 170 Å². The van der Waals surface area contributed by atoms with E-state index in [-0.39, 0.29) is 25.0 Å². The number of ether oxygens (including phenoxy) is 2. The lowest BCUT2D eigenvalue weighted by Crippen LogP contribution is -2.33. The van der Waals surface area contributed by atoms with Crippen LogP contribution in [0.3, 0.4) is 0 Å². The molecule has 0 aliphatic heterocycles. The van der Waals surface area contributed by atoms with E-state index in [2.05, 4.69) is 11.4 Å². The lowest BCUT2D eigenvalue weighted by Gasteiger charge is -2.21. The first-order chi connectivity index (χ1) is 13.9. The predicted molar refractivity (Wildman–Crippen MR) is 108 cm³/mol. The normalized spacial score (nSPS) is 12.6. The molecule has 0 aliphatic rings. The second-order valence-corrected chi connectivity index (χ2v) is 6.57. The van der Waals surface area contributed by atoms with Crippen LogP contribution in [0.2, 0.25) is 0 Å². The number of carbonyl (C=O) groups excluding carboxylic acids is 1. The van der Waals surface area contributed by atoms with Crippen molar-refractivity contribution < 1.29 is 24.5 Å². The number of aromatic hydroxyl groups is 1. The minimum Gasteiger partial charge on any atom is -0.508 e. The number of esters is 1. The number of nitrogens with zero attached hydrogens (tertiary/aromatic N) is 1. The molecule has 0 heterocycles. The number of phenolic OH excluding ortho intramolecular Hbond substituents is 1. The van der Waals surface area contributed by atoms with Gasteiger partial charge in [-0.25, -0.2) is 4.79 Å². The van der Waals surface area contributed by atoms with Crippen molar-refractivity contribution in [2.45, 2.75) is 32.4 Å². The highest BCUT2D eigenvalue weighted by molar-refractivity contribution is 5.71. The highest BCUT2D eigenvalue weighted by atomic mass is 16.6. The van der Waals surface area contributed by atoms with Gasteiger partial charge in [0, 0.05) is 6.04 Å². The molecule has 2 aromatic carbocycles. The number of carbonyl (C=O) groups is 1. The van der Waals surface area contributed by atoms with E-state index in [1.807, 2.05) is 13.0 Å². The second kappa shape index (κ2) is 11.1. The van der Waals surface area contributed by atoms with E-state index < -0.39 is 12.1 Å². The molecule has 0 radical (unpaired) electrons. The van der Waals surface area contributed by atoms with Gasteiger partial charge in [-0.1, -0.05) is 18.2 Å². The summed E-state index contributed by atoms with van der Waals surface area (Å²) >= 11 is 0. The molecule has 0 amide bonds. The predicted octanol–water partition coefficient (Wildman–Crippen LogP) is 2.46. The minimum absolute atomic E-state index is 0.157. The van der Waals surface area contributed by atoms with Crippen molar-refractivity contribution in [3.63, 3.8) is 0 Å². The highest BCUT2D eigenvalue weighted by Crippen LogP contribution is 2.21. The number of phenols is 1. The van der Waals surface area contributed by atoms with Crippen molar-refractivity contribution in [2.24, 2.45) is 0 Å². The summed E-state index contributed by atoms with van der Waals surface area (Å²) < 4.78 is 10.2. The molecule has 0 bridgehead atoms. The number of aliphatic hydroxyl groups is 1. The van der Waals surface area contributed by atoms with Crippen molar-refractivity contribution in [1.82, 2.24) is 5.32 Å². The Kier molecular flexibility index (Phi) is 8.46. The minimum atomic E-state index is -0.705. The van der Waals surface area contributed by atoms with Gasteiger partial charge in [0.25, 0.3) is 0 Å². The molecule has 0 aromatic heterocycles. The molecular weight excluding hydrogens is 372 g/mol. The third-order valence-electron chi connectivity index (χ3n) is 4.40. The Morgan fingerprint density at radius 1 is 1.24 bits per heavy atom. The Hall–Kier alpha value is -3.08. The van der Waals surface area contributed by atoms with E-state index in [1.165, 1.54) is 0 Å². The van der Waals surface area contributed by atoms with Crippen LogP contribution >= 0.6 is 0 Å². The van der Waals surface area contributed by atoms with Crippen LogP contribution in [0.15, 0.2) is 42.5 Å². The number of nitriles is 1. The molecular formula is C22H26N2O5. The molecule has 7 heteroatoms. The average molecular weight is 398 g/mol. The van der Waals surface area contributed by atoms with E-state index in [4.69, 9.17) is 9.47 Å². The molecule has 0 saturated carbocycles. The number of hydrogen-bond donors (Lipinski definition) is 3. The Bertz CT molecular complexity index is 845. The van der Waals surface area contributed by atoms with E-state index in [0.717, 1.165) is 11.1 Å². The van der Waals surface area contributed by atoms with Crippen molar-refractivity contribution in [2.75, 3.05) is 19.8 Å². The first-order valence-electron chi connectivity index (χ1n) is 9.46. The van der Waals surface area contributed by atoms with Gasteiger partial charge in [0.1, 0.15) is 17.6 Å². The maximum Gasteiger partial charge on any atom is 0.344 e. The lowest BCUT2D eigenvalue weighted by molar-refractivity contribution is -0.145. The molecule has 0 saturated heterocycles. The topological polar surface area (TPSA) is 112 Å². The van der Waals surface area contributed by atoms with Gasteiger partial charge >= 0.3 is 5.97 Å². The number of benzene rings is 2. The molecule has 0 fully saturated rings. The molecule has 2 rings (SSSR count). The smallest absolute Gasteiger partial charge is 0.344 e. The van der Waals surface area contributed by atoms with Crippen molar-refractivity contribution in [1.29, 1.82) is 5.26 Å². The van der Waals surface area contributed by atoms with E-state index in [9.17, 15) is 20.3 Å². The number of nitrogens with one attached hydrogen (secondary N) is 1. The van der Waals surface area contributed by atoms with Crippen LogP contribution in [-0.4, -0.2) is 42.0 Å². The van der Waals surface area contributed by atoms with E-state index >= 15 is 0 Å². The Morgan fingerprint density at radius 3 is 2.62 bits per heavy atom. The molecule has 2 atom stereocenters. The van der Waals surface area contributed by atoms with Crippen LogP contribution in [0.4, 0.5) is 0 Å². The molecule has 0 aliphatic carbocycles. The number of hydrogen-bond acceptors (Lipinski definition) is 7. The molecule has 0 unspecified atom stereocenters. The zero-order valence-electron chi connectivity index (χ0n) is 16.6. The van der Waals surface area contributed by atoms with Gasteiger partial charge in [-0.3, -0.25) is 0 Å². The monoisotopic (exact) mass is 398 g/mol. The number of rotatable bonds is 10. The first-order valence-corrected chi connectivity index (χ1v) is 9.46. The van der Waals surface area contributed by atoms with Gasteiger partial charge in [-0.2, -0.15) is 5.26 Å². The summed E-state index contributed by atoms with van der Waals surface area (Å²) in [6.07, 6.45) is -0.0524. The van der Waals surface area contributed by atoms with E-state index in [1.54, 1.807) is 43.3 Å². The van der Waals surface area contributed by atoms with Crippen molar-refractivity contribution >= 4 is 5.97 Å². The van der Waals surface area contributed by atoms with Gasteiger partial charge in [0.2, 0.25) is 0 Å². The zero-order valence-corrected chi connectivity index (χ0v) is 16.6. The quantitative estimate of drug-likeness (QED) is 0.527. The van der Waals surface area contributed by atoms with Crippen LogP contribution < -0.4 is 10.1 Å². The molecule has 3 N–H and O–H groups in total. The standard InChI is InChI=1S/C22H26N2O5/c1-3-28-21(26)14-29-20-9-4-16(12-18(20)13-23)10-11-24-15(2)22(27)17-5-7-19(25)8-6-17/h4-9,12,15,22,24-25,27H,3,10-11,14H2,1-2H3/t15-,22-/m0/s1. The van der Waals surface area contributed by atoms with Crippen molar-refractivity contribution in [3.8, 4) is 17.6 Å². The Morgan fingerprint density at radius 2 is 1.97 bits per heavy atom. The fourth-order valence-corrected chi connectivity index (χ4v) is 2.80. The SMILES string of the molecule is CCOC(=O)COc1ccc(CCN[C@@H](C)[C@H](O)c2ccc(O)cc2)cc1C#N. The van der Waals surface area contributed by atoms with Gasteiger partial charge < -0.3 is 25.0 Å². The lowest BCUT2D eigenvalue weighted by atomic mass is 10.0. The largest absolute Gasteiger partial charge is 0.508 e.